The average molecular weight is 395 g/mol. The number of sulfonamides is 1. The highest BCUT2D eigenvalue weighted by molar-refractivity contribution is 7.89. The number of nitrogens with one attached hydrogen (secondary N) is 2. The summed E-state index contributed by atoms with van der Waals surface area (Å²) in [5.41, 5.74) is 3.53. The summed E-state index contributed by atoms with van der Waals surface area (Å²) in [5.74, 6) is -0.365. The Hall–Kier alpha value is -3.03. The van der Waals surface area contributed by atoms with E-state index in [9.17, 15) is 13.2 Å². The molecule has 1 aromatic heterocycles. The van der Waals surface area contributed by atoms with Gasteiger partial charge in [0.05, 0.1) is 17.1 Å². The van der Waals surface area contributed by atoms with Gasteiger partial charge in [-0.05, 0) is 61.4 Å². The van der Waals surface area contributed by atoms with Crippen LogP contribution in [0.3, 0.4) is 0 Å². The molecule has 2 N–H and O–H groups in total. The summed E-state index contributed by atoms with van der Waals surface area (Å²) in [7, 11) is -3.77. The molecule has 1 amide bonds. The largest absolute Gasteiger partial charge is 0.322 e. The summed E-state index contributed by atoms with van der Waals surface area (Å²) in [6.07, 6.45) is 1.60. The number of aromatic nitrogens is 1. The highest BCUT2D eigenvalue weighted by atomic mass is 32.2. The van der Waals surface area contributed by atoms with Gasteiger partial charge in [0, 0.05) is 17.4 Å². The Bertz CT molecular complexity index is 1100. The van der Waals surface area contributed by atoms with Crippen LogP contribution in [0.2, 0.25) is 0 Å². The zero-order valence-electron chi connectivity index (χ0n) is 15.6. The van der Waals surface area contributed by atoms with Crippen LogP contribution in [-0.4, -0.2) is 19.3 Å². The summed E-state index contributed by atoms with van der Waals surface area (Å²) < 4.78 is 27.6. The molecule has 3 aromatic rings. The Balaban J connectivity index is 1.77. The van der Waals surface area contributed by atoms with E-state index in [0.717, 1.165) is 11.1 Å². The normalized spacial score (nSPS) is 11.2. The molecule has 0 spiro atoms. The SMILES string of the molecule is Cc1ccc(C)c(NC(=O)c2cccc(S(=O)(=O)NCc3ccccn3)c2)c1. The Kier molecular flexibility index (Phi) is 5.87. The predicted molar refractivity (Wildman–Crippen MR) is 109 cm³/mol. The highest BCUT2D eigenvalue weighted by Gasteiger charge is 2.17. The molecular formula is C21H21N3O3S. The molecule has 28 heavy (non-hydrogen) atoms. The molecule has 0 bridgehead atoms. The van der Waals surface area contributed by atoms with E-state index in [2.05, 4.69) is 15.0 Å². The highest BCUT2D eigenvalue weighted by Crippen LogP contribution is 2.18. The monoisotopic (exact) mass is 395 g/mol. The molecule has 0 radical (unpaired) electrons. The van der Waals surface area contributed by atoms with Gasteiger partial charge in [0.25, 0.3) is 5.91 Å². The van der Waals surface area contributed by atoms with E-state index in [4.69, 9.17) is 0 Å². The molecule has 3 rings (SSSR count). The van der Waals surface area contributed by atoms with E-state index in [0.29, 0.717) is 11.4 Å². The maximum Gasteiger partial charge on any atom is 0.255 e. The molecule has 2 aromatic carbocycles. The van der Waals surface area contributed by atoms with Gasteiger partial charge in [-0.3, -0.25) is 9.78 Å². The van der Waals surface area contributed by atoms with E-state index < -0.39 is 10.0 Å². The number of carbonyl (C=O) groups is 1. The second-order valence-corrected chi connectivity index (χ2v) is 8.21. The Labute approximate surface area is 164 Å². The second kappa shape index (κ2) is 8.33. The summed E-state index contributed by atoms with van der Waals surface area (Å²) in [5, 5.41) is 2.84. The van der Waals surface area contributed by atoms with Crippen LogP contribution in [0.1, 0.15) is 27.2 Å². The van der Waals surface area contributed by atoms with Crippen molar-refractivity contribution in [2.75, 3.05) is 5.32 Å². The first-order chi connectivity index (χ1) is 13.3. The first kappa shape index (κ1) is 19.7. The van der Waals surface area contributed by atoms with Crippen LogP contribution in [0.15, 0.2) is 71.8 Å². The Morgan fingerprint density at radius 1 is 1.00 bits per heavy atom. The minimum Gasteiger partial charge on any atom is -0.322 e. The van der Waals surface area contributed by atoms with Crippen LogP contribution >= 0.6 is 0 Å². The maximum absolute atomic E-state index is 12.6. The summed E-state index contributed by atoms with van der Waals surface area (Å²) >= 11 is 0. The maximum atomic E-state index is 12.6. The van der Waals surface area contributed by atoms with E-state index >= 15 is 0 Å². The molecule has 7 heteroatoms. The third-order valence-corrected chi connectivity index (χ3v) is 5.62. The Morgan fingerprint density at radius 3 is 2.57 bits per heavy atom. The third kappa shape index (κ3) is 4.82. The van der Waals surface area contributed by atoms with Gasteiger partial charge in [-0.15, -0.1) is 0 Å². The van der Waals surface area contributed by atoms with Gasteiger partial charge < -0.3 is 5.32 Å². The van der Waals surface area contributed by atoms with Gasteiger partial charge in [0.1, 0.15) is 0 Å². The lowest BCUT2D eigenvalue weighted by Crippen LogP contribution is -2.24. The number of nitrogens with zero attached hydrogens (tertiary/aromatic N) is 1. The fraction of sp³-hybridized carbons (Fsp3) is 0.143. The molecule has 0 fully saturated rings. The first-order valence-electron chi connectivity index (χ1n) is 8.73. The molecule has 0 saturated carbocycles. The fourth-order valence-corrected chi connectivity index (χ4v) is 3.67. The molecule has 0 aliphatic heterocycles. The number of hydrogen-bond donors (Lipinski definition) is 2. The van der Waals surface area contributed by atoms with Crippen molar-refractivity contribution in [2.24, 2.45) is 0 Å². The lowest BCUT2D eigenvalue weighted by atomic mass is 10.1. The lowest BCUT2D eigenvalue weighted by Gasteiger charge is -2.11. The topological polar surface area (TPSA) is 88.2 Å². The summed E-state index contributed by atoms with van der Waals surface area (Å²) in [6, 6.07) is 17.0. The number of amides is 1. The van der Waals surface area contributed by atoms with Crippen molar-refractivity contribution in [3.05, 3.63) is 89.2 Å². The first-order valence-corrected chi connectivity index (χ1v) is 10.2. The number of benzene rings is 2. The van der Waals surface area contributed by atoms with E-state index in [1.807, 2.05) is 32.0 Å². The van der Waals surface area contributed by atoms with Crippen molar-refractivity contribution in [2.45, 2.75) is 25.3 Å². The average Bonchev–Trinajstić information content (AvgIpc) is 2.70. The molecule has 1 heterocycles. The molecular weight excluding hydrogens is 374 g/mol. The fourth-order valence-electron chi connectivity index (χ4n) is 2.62. The number of anilines is 1. The minimum absolute atomic E-state index is 0.0250. The van der Waals surface area contributed by atoms with E-state index in [1.54, 1.807) is 36.5 Å². The quantitative estimate of drug-likeness (QED) is 0.669. The zero-order chi connectivity index (χ0) is 20.1. The predicted octanol–water partition coefficient (Wildman–Crippen LogP) is 3.43. The van der Waals surface area contributed by atoms with Crippen molar-refractivity contribution >= 4 is 21.6 Å². The number of carbonyl (C=O) groups excluding carboxylic acids is 1. The number of hydrogen-bond acceptors (Lipinski definition) is 4. The van der Waals surface area contributed by atoms with Crippen molar-refractivity contribution in [1.29, 1.82) is 0 Å². The number of aryl methyl sites for hydroxylation is 2. The lowest BCUT2D eigenvalue weighted by molar-refractivity contribution is 0.102. The van der Waals surface area contributed by atoms with E-state index in [-0.39, 0.29) is 22.9 Å². The standard InChI is InChI=1S/C21H21N3O3S/c1-15-9-10-16(2)20(12-15)24-21(25)17-6-5-8-19(13-17)28(26,27)23-14-18-7-3-4-11-22-18/h3-13,23H,14H2,1-2H3,(H,24,25). The van der Waals surface area contributed by atoms with Crippen LogP contribution in [0, 0.1) is 13.8 Å². The number of rotatable bonds is 6. The zero-order valence-corrected chi connectivity index (χ0v) is 16.5. The molecule has 0 unspecified atom stereocenters. The third-order valence-electron chi connectivity index (χ3n) is 4.22. The van der Waals surface area contributed by atoms with Gasteiger partial charge in [0.15, 0.2) is 0 Å². The van der Waals surface area contributed by atoms with Crippen molar-refractivity contribution in [3.63, 3.8) is 0 Å². The van der Waals surface area contributed by atoms with Crippen molar-refractivity contribution < 1.29 is 13.2 Å². The second-order valence-electron chi connectivity index (χ2n) is 6.45. The van der Waals surface area contributed by atoms with Crippen molar-refractivity contribution in [3.8, 4) is 0 Å². The van der Waals surface area contributed by atoms with Crippen LogP contribution in [0.4, 0.5) is 5.69 Å². The van der Waals surface area contributed by atoms with Crippen LogP contribution < -0.4 is 10.0 Å². The van der Waals surface area contributed by atoms with E-state index in [1.165, 1.54) is 12.1 Å². The Morgan fingerprint density at radius 2 is 1.82 bits per heavy atom. The summed E-state index contributed by atoms with van der Waals surface area (Å²) in [6.45, 7) is 3.91. The van der Waals surface area contributed by atoms with Crippen molar-refractivity contribution in [1.82, 2.24) is 9.71 Å². The molecule has 0 atom stereocenters. The smallest absolute Gasteiger partial charge is 0.255 e. The minimum atomic E-state index is -3.77. The molecule has 0 saturated heterocycles. The number of pyridine rings is 1. The van der Waals surface area contributed by atoms with Crippen LogP contribution in [-0.2, 0) is 16.6 Å². The van der Waals surface area contributed by atoms with Gasteiger partial charge >= 0.3 is 0 Å². The molecule has 6 nitrogen and oxygen atoms in total. The van der Waals surface area contributed by atoms with Gasteiger partial charge in [-0.1, -0.05) is 24.3 Å². The molecule has 0 aliphatic rings. The van der Waals surface area contributed by atoms with Crippen LogP contribution in [0.25, 0.3) is 0 Å². The van der Waals surface area contributed by atoms with Gasteiger partial charge in [-0.2, -0.15) is 0 Å². The summed E-state index contributed by atoms with van der Waals surface area (Å²) in [4.78, 5) is 16.7. The molecule has 144 valence electrons. The van der Waals surface area contributed by atoms with Gasteiger partial charge in [-0.25, -0.2) is 13.1 Å². The van der Waals surface area contributed by atoms with Gasteiger partial charge in [0.2, 0.25) is 10.0 Å². The molecule has 0 aliphatic carbocycles. The van der Waals surface area contributed by atoms with Crippen LogP contribution in [0.5, 0.6) is 0 Å².